The topological polar surface area (TPSA) is 20.3 Å². The van der Waals surface area contributed by atoms with Gasteiger partial charge in [0.1, 0.15) is 0 Å². The molecule has 1 aliphatic carbocycles. The van der Waals surface area contributed by atoms with Gasteiger partial charge in [-0.3, -0.25) is 4.79 Å². The molecule has 0 N–H and O–H groups in total. The van der Waals surface area contributed by atoms with Crippen LogP contribution in [0.25, 0.3) is 0 Å². The molecule has 0 aliphatic heterocycles. The first-order valence-electron chi connectivity index (χ1n) is 7.04. The number of benzene rings is 2. The minimum absolute atomic E-state index is 0.0772. The molecule has 21 heavy (non-hydrogen) atoms. The molecule has 0 amide bonds. The smallest absolute Gasteiger partial charge is 0.194 e. The van der Waals surface area contributed by atoms with Crippen molar-refractivity contribution in [1.29, 1.82) is 0 Å². The van der Waals surface area contributed by atoms with Crippen LogP contribution in [0.5, 0.6) is 0 Å². The van der Waals surface area contributed by atoms with Crippen molar-refractivity contribution < 1.29 is 4.79 Å². The number of hydrogen-bond acceptors (Lipinski definition) is 3. The number of hydrogen-bond donors (Lipinski definition) is 0. The quantitative estimate of drug-likeness (QED) is 0.693. The van der Waals surface area contributed by atoms with Crippen molar-refractivity contribution in [3.05, 3.63) is 70.3 Å². The van der Waals surface area contributed by atoms with Gasteiger partial charge in [-0.05, 0) is 32.1 Å². The highest BCUT2D eigenvalue weighted by Crippen LogP contribution is 2.28. The lowest BCUT2D eigenvalue weighted by Gasteiger charge is -2.20. The molecule has 0 aromatic heterocycles. The van der Waals surface area contributed by atoms with Gasteiger partial charge in [0.05, 0.1) is 4.86 Å². The van der Waals surface area contributed by atoms with Gasteiger partial charge in [-0.2, -0.15) is 0 Å². The Morgan fingerprint density at radius 1 is 0.952 bits per heavy atom. The summed E-state index contributed by atoms with van der Waals surface area (Å²) in [5.74, 6) is 0.0772. The van der Waals surface area contributed by atoms with Crippen molar-refractivity contribution in [3.63, 3.8) is 0 Å². The summed E-state index contributed by atoms with van der Waals surface area (Å²) in [6, 6.07) is 13.6. The number of ketones is 1. The number of fused-ring (bicyclic) bond motifs is 2. The molecule has 0 saturated carbocycles. The van der Waals surface area contributed by atoms with E-state index in [0.717, 1.165) is 40.1 Å². The lowest BCUT2D eigenvalue weighted by Crippen LogP contribution is -2.21. The molecule has 0 radical (unpaired) electrons. The van der Waals surface area contributed by atoms with E-state index in [1.54, 1.807) is 0 Å². The van der Waals surface area contributed by atoms with Gasteiger partial charge < -0.3 is 4.90 Å². The molecule has 0 bridgehead atoms. The van der Waals surface area contributed by atoms with Crippen molar-refractivity contribution in [2.75, 3.05) is 20.6 Å². The molecule has 0 spiro atoms. The van der Waals surface area contributed by atoms with Crippen molar-refractivity contribution in [2.45, 2.75) is 6.42 Å². The molecule has 106 valence electrons. The van der Waals surface area contributed by atoms with Crippen LogP contribution in [0.2, 0.25) is 0 Å². The first-order chi connectivity index (χ1) is 10.1. The Bertz CT molecular complexity index is 734. The van der Waals surface area contributed by atoms with Crippen LogP contribution in [0.4, 0.5) is 0 Å². The van der Waals surface area contributed by atoms with Gasteiger partial charge >= 0.3 is 0 Å². The third-order valence-electron chi connectivity index (χ3n) is 3.84. The van der Waals surface area contributed by atoms with E-state index in [4.69, 9.17) is 12.2 Å². The summed E-state index contributed by atoms with van der Waals surface area (Å²) in [6.07, 6.45) is 0.957. The fraction of sp³-hybridized carbons (Fsp3) is 0.222. The van der Waals surface area contributed by atoms with Crippen LogP contribution in [0, 0.1) is 0 Å². The number of carbonyl (C=O) groups is 1. The average molecular weight is 295 g/mol. The Balaban J connectivity index is 2.02. The predicted molar refractivity (Wildman–Crippen MR) is 89.4 cm³/mol. The fourth-order valence-corrected chi connectivity index (χ4v) is 3.00. The summed E-state index contributed by atoms with van der Waals surface area (Å²) >= 11 is 5.60. The van der Waals surface area contributed by atoms with Crippen molar-refractivity contribution in [3.8, 4) is 0 Å². The molecule has 0 unspecified atom stereocenters. The molecule has 3 rings (SSSR count). The minimum Gasteiger partial charge on any atom is -0.309 e. The highest BCUT2D eigenvalue weighted by atomic mass is 32.1. The van der Waals surface area contributed by atoms with E-state index in [1.807, 2.05) is 36.4 Å². The van der Waals surface area contributed by atoms with Crippen molar-refractivity contribution in [2.24, 2.45) is 0 Å². The number of rotatable bonds is 3. The Hall–Kier alpha value is -1.84. The minimum atomic E-state index is 0.0772. The molecule has 0 fully saturated rings. The van der Waals surface area contributed by atoms with Gasteiger partial charge in [0, 0.05) is 28.8 Å². The van der Waals surface area contributed by atoms with Gasteiger partial charge in [-0.25, -0.2) is 0 Å². The average Bonchev–Trinajstić information content (AvgIpc) is 2.50. The zero-order valence-electron chi connectivity index (χ0n) is 12.2. The Kier molecular flexibility index (Phi) is 3.70. The van der Waals surface area contributed by atoms with Crippen LogP contribution < -0.4 is 0 Å². The van der Waals surface area contributed by atoms with Crippen LogP contribution in [0.1, 0.15) is 32.6 Å². The number of likely N-dealkylation sites (N-methyl/N-ethyl adjacent to an activating group) is 1. The van der Waals surface area contributed by atoms with Crippen LogP contribution >= 0.6 is 12.2 Å². The largest absolute Gasteiger partial charge is 0.309 e. The van der Waals surface area contributed by atoms with Crippen LogP contribution in [-0.4, -0.2) is 36.2 Å². The van der Waals surface area contributed by atoms with Crippen LogP contribution in [0.3, 0.4) is 0 Å². The van der Waals surface area contributed by atoms with E-state index in [1.165, 1.54) is 5.56 Å². The number of thiocarbonyl (C=S) groups is 1. The van der Waals surface area contributed by atoms with Gasteiger partial charge in [0.2, 0.25) is 0 Å². The molecule has 2 nitrogen and oxygen atoms in total. The Morgan fingerprint density at radius 3 is 2.33 bits per heavy atom. The first kappa shape index (κ1) is 14.1. The third kappa shape index (κ3) is 2.55. The zero-order chi connectivity index (χ0) is 15.0. The zero-order valence-corrected chi connectivity index (χ0v) is 13.0. The summed E-state index contributed by atoms with van der Waals surface area (Å²) in [4.78, 5) is 15.5. The normalized spacial score (nSPS) is 13.3. The SMILES string of the molecule is CN(C)CCc1ccc2c(c1)C(=S)c1ccccc1C2=O. The monoisotopic (exact) mass is 295 g/mol. The molecule has 3 heteroatoms. The maximum atomic E-state index is 12.6. The second-order valence-electron chi connectivity index (χ2n) is 5.64. The standard InChI is InChI=1S/C18H17NOS/c1-19(2)10-9-12-7-8-14-16(11-12)18(21)15-6-4-3-5-13(15)17(14)20/h3-8,11H,9-10H2,1-2H3. The van der Waals surface area contributed by atoms with E-state index in [9.17, 15) is 4.79 Å². The Morgan fingerprint density at radius 2 is 1.62 bits per heavy atom. The van der Waals surface area contributed by atoms with Crippen molar-refractivity contribution in [1.82, 2.24) is 4.90 Å². The lowest BCUT2D eigenvalue weighted by molar-refractivity contribution is 0.103. The van der Waals surface area contributed by atoms with Crippen LogP contribution in [0.15, 0.2) is 42.5 Å². The first-order valence-corrected chi connectivity index (χ1v) is 7.45. The fourth-order valence-electron chi connectivity index (χ4n) is 2.65. The summed E-state index contributed by atoms with van der Waals surface area (Å²) in [5.41, 5.74) is 4.46. The number of nitrogens with zero attached hydrogens (tertiary/aromatic N) is 1. The summed E-state index contributed by atoms with van der Waals surface area (Å²) in [5, 5.41) is 0. The molecule has 1 aliphatic rings. The molecule has 2 aromatic carbocycles. The second kappa shape index (κ2) is 5.51. The molecule has 0 saturated heterocycles. The van der Waals surface area contributed by atoms with Crippen LogP contribution in [-0.2, 0) is 6.42 Å². The van der Waals surface area contributed by atoms with E-state index in [2.05, 4.69) is 25.1 Å². The number of carbonyl (C=O) groups excluding carboxylic acids is 1. The lowest BCUT2D eigenvalue weighted by atomic mass is 9.84. The highest BCUT2D eigenvalue weighted by molar-refractivity contribution is 7.81. The molecule has 0 atom stereocenters. The predicted octanol–water partition coefficient (Wildman–Crippen LogP) is 3.10. The second-order valence-corrected chi connectivity index (χ2v) is 6.05. The van der Waals surface area contributed by atoms with Gasteiger partial charge in [0.25, 0.3) is 0 Å². The molecular formula is C18H17NOS. The Labute approximate surface area is 130 Å². The molecule has 0 heterocycles. The molecule has 2 aromatic rings. The maximum absolute atomic E-state index is 12.6. The van der Waals surface area contributed by atoms with Gasteiger partial charge in [-0.1, -0.05) is 48.6 Å². The van der Waals surface area contributed by atoms with E-state index >= 15 is 0 Å². The molecular weight excluding hydrogens is 278 g/mol. The van der Waals surface area contributed by atoms with E-state index in [-0.39, 0.29) is 5.78 Å². The van der Waals surface area contributed by atoms with Crippen molar-refractivity contribution >= 4 is 22.9 Å². The van der Waals surface area contributed by atoms with E-state index < -0.39 is 0 Å². The maximum Gasteiger partial charge on any atom is 0.194 e. The van der Waals surface area contributed by atoms with Gasteiger partial charge in [-0.15, -0.1) is 0 Å². The van der Waals surface area contributed by atoms with E-state index in [0.29, 0.717) is 0 Å². The summed E-state index contributed by atoms with van der Waals surface area (Å²) < 4.78 is 0. The highest BCUT2D eigenvalue weighted by Gasteiger charge is 2.26. The van der Waals surface area contributed by atoms with Gasteiger partial charge in [0.15, 0.2) is 5.78 Å². The summed E-state index contributed by atoms with van der Waals surface area (Å²) in [7, 11) is 4.12. The summed E-state index contributed by atoms with van der Waals surface area (Å²) in [6.45, 7) is 0.982. The third-order valence-corrected chi connectivity index (χ3v) is 4.28.